The van der Waals surface area contributed by atoms with E-state index in [-0.39, 0.29) is 6.42 Å². The quantitative estimate of drug-likeness (QED) is 0.871. The van der Waals surface area contributed by atoms with E-state index in [0.29, 0.717) is 0 Å². The van der Waals surface area contributed by atoms with Crippen LogP contribution in [0.15, 0.2) is 36.4 Å². The third-order valence-corrected chi connectivity index (χ3v) is 3.31. The van der Waals surface area contributed by atoms with Crippen molar-refractivity contribution >= 4 is 10.8 Å². The smallest absolute Gasteiger partial charge is 0.324 e. The molecule has 0 unspecified atom stereocenters. The van der Waals surface area contributed by atoms with Gasteiger partial charge in [0.05, 0.1) is 0 Å². The zero-order chi connectivity index (χ0) is 14.0. The van der Waals surface area contributed by atoms with Crippen molar-refractivity contribution < 1.29 is 13.2 Å². The van der Waals surface area contributed by atoms with Crippen molar-refractivity contribution in [3.05, 3.63) is 47.5 Å². The first kappa shape index (κ1) is 13.9. The minimum absolute atomic E-state index is 0.0868. The van der Waals surface area contributed by atoms with Crippen molar-refractivity contribution in [2.45, 2.75) is 32.0 Å². The van der Waals surface area contributed by atoms with E-state index >= 15 is 0 Å². The summed E-state index contributed by atoms with van der Waals surface area (Å²) in [4.78, 5) is 0. The molecular weight excluding hydrogens is 251 g/mol. The average Bonchev–Trinajstić information content (AvgIpc) is 2.36. The van der Waals surface area contributed by atoms with E-state index in [1.807, 2.05) is 43.3 Å². The molecule has 0 amide bonds. The van der Waals surface area contributed by atoms with Gasteiger partial charge < -0.3 is 5.73 Å². The lowest BCUT2D eigenvalue weighted by atomic mass is 9.94. The van der Waals surface area contributed by atoms with Crippen LogP contribution in [0.5, 0.6) is 0 Å². The molecule has 2 aromatic carbocycles. The van der Waals surface area contributed by atoms with Crippen molar-refractivity contribution in [3.63, 3.8) is 0 Å². The van der Waals surface area contributed by atoms with Crippen LogP contribution >= 0.6 is 0 Å². The van der Waals surface area contributed by atoms with Crippen LogP contribution in [0.3, 0.4) is 0 Å². The third-order valence-electron chi connectivity index (χ3n) is 3.31. The maximum absolute atomic E-state index is 12.3. The summed E-state index contributed by atoms with van der Waals surface area (Å²) in [5, 5.41) is 1.99. The summed E-state index contributed by atoms with van der Waals surface area (Å²) < 4.78 is 36.8. The molecule has 1 nitrogen and oxygen atoms in total. The van der Waals surface area contributed by atoms with Crippen LogP contribution in [0.2, 0.25) is 0 Å². The van der Waals surface area contributed by atoms with Gasteiger partial charge in [-0.2, -0.15) is 13.2 Å². The summed E-state index contributed by atoms with van der Waals surface area (Å²) in [6.07, 6.45) is -5.09. The minimum Gasteiger partial charge on any atom is -0.324 e. The zero-order valence-electron chi connectivity index (χ0n) is 10.7. The Bertz CT molecular complexity index is 575. The van der Waals surface area contributed by atoms with Gasteiger partial charge in [0.25, 0.3) is 0 Å². The number of halogens is 3. The van der Waals surface area contributed by atoms with Gasteiger partial charge in [0.2, 0.25) is 0 Å². The van der Waals surface area contributed by atoms with E-state index in [1.165, 1.54) is 0 Å². The normalized spacial score (nSPS) is 13.7. The fourth-order valence-corrected chi connectivity index (χ4v) is 2.27. The monoisotopic (exact) mass is 267 g/mol. The predicted octanol–water partition coefficient (Wildman–Crippen LogP) is 4.49. The van der Waals surface area contributed by atoms with Crippen LogP contribution in [0.4, 0.5) is 13.2 Å². The molecule has 0 spiro atoms. The second kappa shape index (κ2) is 5.21. The Kier molecular flexibility index (Phi) is 3.80. The van der Waals surface area contributed by atoms with E-state index < -0.39 is 18.6 Å². The standard InChI is InChI=1S/C15H16F3N/c1-10-6-7-13(12-5-3-2-4-11(10)12)14(19)8-9-15(16,17)18/h2-7,14H,8-9,19H2,1H3/t14-/m0/s1. The second-order valence-corrected chi connectivity index (χ2v) is 4.78. The fourth-order valence-electron chi connectivity index (χ4n) is 2.27. The van der Waals surface area contributed by atoms with Crippen LogP contribution in [0.25, 0.3) is 10.8 Å². The summed E-state index contributed by atoms with van der Waals surface area (Å²) in [7, 11) is 0. The first-order valence-corrected chi connectivity index (χ1v) is 6.19. The lowest BCUT2D eigenvalue weighted by Crippen LogP contribution is -2.16. The van der Waals surface area contributed by atoms with E-state index in [4.69, 9.17) is 5.73 Å². The average molecular weight is 267 g/mol. The molecule has 1 atom stereocenters. The van der Waals surface area contributed by atoms with E-state index in [2.05, 4.69) is 0 Å². The molecule has 2 aromatic rings. The largest absolute Gasteiger partial charge is 0.389 e. The first-order valence-electron chi connectivity index (χ1n) is 6.19. The van der Waals surface area contributed by atoms with Gasteiger partial charge in [-0.1, -0.05) is 36.4 Å². The molecule has 0 aromatic heterocycles. The lowest BCUT2D eigenvalue weighted by molar-refractivity contribution is -0.136. The molecule has 0 aliphatic heterocycles. The number of rotatable bonds is 3. The third kappa shape index (κ3) is 3.26. The zero-order valence-corrected chi connectivity index (χ0v) is 10.7. The highest BCUT2D eigenvalue weighted by Crippen LogP contribution is 2.31. The second-order valence-electron chi connectivity index (χ2n) is 4.78. The number of fused-ring (bicyclic) bond motifs is 1. The maximum Gasteiger partial charge on any atom is 0.389 e. The summed E-state index contributed by atoms with van der Waals surface area (Å²) in [6, 6.07) is 10.8. The van der Waals surface area contributed by atoms with E-state index in [0.717, 1.165) is 21.9 Å². The minimum atomic E-state index is -4.15. The maximum atomic E-state index is 12.3. The number of benzene rings is 2. The summed E-state index contributed by atoms with van der Waals surface area (Å²) in [6.45, 7) is 1.98. The van der Waals surface area contributed by atoms with Gasteiger partial charge in [0.15, 0.2) is 0 Å². The van der Waals surface area contributed by atoms with Gasteiger partial charge in [-0.25, -0.2) is 0 Å². The van der Waals surface area contributed by atoms with Crippen molar-refractivity contribution in [1.29, 1.82) is 0 Å². The van der Waals surface area contributed by atoms with Crippen molar-refractivity contribution in [2.75, 3.05) is 0 Å². The van der Waals surface area contributed by atoms with Gasteiger partial charge in [0.1, 0.15) is 0 Å². The fraction of sp³-hybridized carbons (Fsp3) is 0.333. The van der Waals surface area contributed by atoms with E-state index in [1.54, 1.807) is 0 Å². The Morgan fingerprint density at radius 3 is 2.32 bits per heavy atom. The lowest BCUT2D eigenvalue weighted by Gasteiger charge is -2.16. The highest BCUT2D eigenvalue weighted by molar-refractivity contribution is 5.88. The van der Waals surface area contributed by atoms with Crippen molar-refractivity contribution in [2.24, 2.45) is 5.73 Å². The first-order chi connectivity index (χ1) is 8.88. The van der Waals surface area contributed by atoms with Crippen molar-refractivity contribution in [3.8, 4) is 0 Å². The molecule has 0 fully saturated rings. The van der Waals surface area contributed by atoms with Crippen LogP contribution in [0.1, 0.15) is 30.0 Å². The van der Waals surface area contributed by atoms with Crippen LogP contribution in [-0.2, 0) is 0 Å². The number of aryl methyl sites for hydroxylation is 1. The summed E-state index contributed by atoms with van der Waals surface area (Å²) in [5.74, 6) is 0. The van der Waals surface area contributed by atoms with Crippen LogP contribution in [-0.4, -0.2) is 6.18 Å². The van der Waals surface area contributed by atoms with Crippen molar-refractivity contribution in [1.82, 2.24) is 0 Å². The Balaban J connectivity index is 2.32. The van der Waals surface area contributed by atoms with Gasteiger partial charge >= 0.3 is 6.18 Å². The molecule has 2 rings (SSSR count). The Labute approximate surface area is 110 Å². The van der Waals surface area contributed by atoms with Crippen LogP contribution < -0.4 is 5.73 Å². The molecule has 0 radical (unpaired) electrons. The molecule has 0 saturated heterocycles. The molecule has 19 heavy (non-hydrogen) atoms. The van der Waals surface area contributed by atoms with Gasteiger partial charge in [-0.3, -0.25) is 0 Å². The molecule has 0 aliphatic rings. The highest BCUT2D eigenvalue weighted by Gasteiger charge is 2.28. The molecule has 0 saturated carbocycles. The molecule has 0 heterocycles. The number of nitrogens with two attached hydrogens (primary N) is 1. The van der Waals surface area contributed by atoms with Crippen LogP contribution in [0, 0.1) is 6.92 Å². The van der Waals surface area contributed by atoms with Gasteiger partial charge in [0, 0.05) is 12.5 Å². The summed E-state index contributed by atoms with van der Waals surface area (Å²) >= 11 is 0. The molecule has 102 valence electrons. The number of hydrogen-bond acceptors (Lipinski definition) is 1. The predicted molar refractivity (Wildman–Crippen MR) is 70.9 cm³/mol. The molecule has 2 N–H and O–H groups in total. The van der Waals surface area contributed by atoms with E-state index in [9.17, 15) is 13.2 Å². The number of hydrogen-bond donors (Lipinski definition) is 1. The number of alkyl halides is 3. The summed E-state index contributed by atoms with van der Waals surface area (Å²) in [5.41, 5.74) is 7.80. The topological polar surface area (TPSA) is 26.0 Å². The Morgan fingerprint density at radius 1 is 1.05 bits per heavy atom. The Morgan fingerprint density at radius 2 is 1.68 bits per heavy atom. The Hall–Kier alpha value is -1.55. The van der Waals surface area contributed by atoms with Gasteiger partial charge in [-0.05, 0) is 35.2 Å². The molecular formula is C15H16F3N. The molecule has 0 bridgehead atoms. The SMILES string of the molecule is Cc1ccc([C@@H](N)CCC(F)(F)F)c2ccccc12. The molecule has 4 heteroatoms. The molecule has 0 aliphatic carbocycles. The highest BCUT2D eigenvalue weighted by atomic mass is 19.4. The van der Waals surface area contributed by atoms with Gasteiger partial charge in [-0.15, -0.1) is 0 Å².